The summed E-state index contributed by atoms with van der Waals surface area (Å²) in [6.45, 7) is 3.87. The van der Waals surface area contributed by atoms with E-state index in [-0.39, 0.29) is 24.0 Å². The molecule has 1 aliphatic heterocycles. The number of nitrogens with zero attached hydrogens (tertiary/aromatic N) is 1. The fourth-order valence-corrected chi connectivity index (χ4v) is 2.58. The molecule has 1 aromatic carbocycles. The molecule has 2 N–H and O–H groups in total. The van der Waals surface area contributed by atoms with E-state index in [2.05, 4.69) is 10.6 Å². The number of carbonyl (C=O) groups is 1. The van der Waals surface area contributed by atoms with Crippen LogP contribution in [0.1, 0.15) is 31.2 Å². The topological polar surface area (TPSA) is 84.3 Å². The number of nitro benzene ring substituents is 1. The van der Waals surface area contributed by atoms with E-state index >= 15 is 0 Å². The minimum atomic E-state index is -0.454. The number of amides is 1. The zero-order chi connectivity index (χ0) is 15.2. The Hall–Kier alpha value is -1.66. The van der Waals surface area contributed by atoms with E-state index in [0.29, 0.717) is 18.0 Å². The van der Waals surface area contributed by atoms with Crippen LogP contribution in [-0.4, -0.2) is 23.9 Å². The van der Waals surface area contributed by atoms with Gasteiger partial charge in [-0.3, -0.25) is 14.9 Å². The van der Waals surface area contributed by atoms with Gasteiger partial charge in [0.05, 0.1) is 10.6 Å². The minimum Gasteiger partial charge on any atom is -0.326 e. The number of hydrogen-bond donors (Lipinski definition) is 2. The summed E-state index contributed by atoms with van der Waals surface area (Å²) in [6, 6.07) is 4.51. The first kappa shape index (κ1) is 18.4. The molecule has 7 heteroatoms. The van der Waals surface area contributed by atoms with Crippen molar-refractivity contribution in [1.29, 1.82) is 0 Å². The predicted octanol–water partition coefficient (Wildman–Crippen LogP) is 3.04. The molecule has 1 fully saturated rings. The average molecular weight is 328 g/mol. The summed E-state index contributed by atoms with van der Waals surface area (Å²) in [5.41, 5.74) is 1.35. The molecule has 1 aromatic rings. The van der Waals surface area contributed by atoms with Crippen molar-refractivity contribution in [2.45, 2.75) is 32.6 Å². The number of hydrogen-bond acceptors (Lipinski definition) is 4. The largest absolute Gasteiger partial charge is 0.326 e. The lowest BCUT2D eigenvalue weighted by Gasteiger charge is -2.22. The summed E-state index contributed by atoms with van der Waals surface area (Å²) in [7, 11) is 0. The number of halogens is 1. The summed E-state index contributed by atoms with van der Waals surface area (Å²) < 4.78 is 0. The Morgan fingerprint density at radius 1 is 1.41 bits per heavy atom. The van der Waals surface area contributed by atoms with E-state index in [9.17, 15) is 14.9 Å². The number of anilines is 1. The molecule has 122 valence electrons. The van der Waals surface area contributed by atoms with E-state index in [4.69, 9.17) is 0 Å². The number of rotatable bonds is 5. The van der Waals surface area contributed by atoms with Crippen molar-refractivity contribution in [1.82, 2.24) is 5.32 Å². The van der Waals surface area contributed by atoms with Gasteiger partial charge in [-0.2, -0.15) is 0 Å². The predicted molar refractivity (Wildman–Crippen MR) is 88.5 cm³/mol. The second kappa shape index (κ2) is 8.70. The van der Waals surface area contributed by atoms with Gasteiger partial charge in [0, 0.05) is 18.6 Å². The number of carbonyl (C=O) groups excluding carboxylic acids is 1. The minimum absolute atomic E-state index is 0. The summed E-state index contributed by atoms with van der Waals surface area (Å²) in [4.78, 5) is 22.3. The van der Waals surface area contributed by atoms with Crippen LogP contribution in [0.15, 0.2) is 18.2 Å². The molecular weight excluding hydrogens is 306 g/mol. The van der Waals surface area contributed by atoms with E-state index in [1.807, 2.05) is 6.92 Å². The molecule has 0 aromatic heterocycles. The van der Waals surface area contributed by atoms with Crippen LogP contribution in [-0.2, 0) is 4.79 Å². The molecule has 1 heterocycles. The van der Waals surface area contributed by atoms with E-state index in [0.717, 1.165) is 37.9 Å². The van der Waals surface area contributed by atoms with Gasteiger partial charge in [0.2, 0.25) is 5.91 Å². The fourth-order valence-electron chi connectivity index (χ4n) is 2.58. The molecular formula is C15H22ClN3O3. The van der Waals surface area contributed by atoms with Crippen molar-refractivity contribution >= 4 is 29.7 Å². The Morgan fingerprint density at radius 3 is 2.73 bits per heavy atom. The molecule has 0 atom stereocenters. The van der Waals surface area contributed by atoms with Crippen LogP contribution in [0.2, 0.25) is 0 Å². The van der Waals surface area contributed by atoms with Gasteiger partial charge in [-0.25, -0.2) is 0 Å². The van der Waals surface area contributed by atoms with Gasteiger partial charge >= 0.3 is 0 Å². The van der Waals surface area contributed by atoms with Gasteiger partial charge < -0.3 is 10.6 Å². The third-order valence-electron chi connectivity index (χ3n) is 3.94. The Bertz CT molecular complexity index is 531. The van der Waals surface area contributed by atoms with Crippen molar-refractivity contribution in [3.63, 3.8) is 0 Å². The first-order chi connectivity index (χ1) is 10.1. The number of nitrogens with one attached hydrogen (secondary N) is 2. The molecule has 22 heavy (non-hydrogen) atoms. The van der Waals surface area contributed by atoms with Gasteiger partial charge in [-0.05, 0) is 50.8 Å². The third kappa shape index (κ3) is 5.27. The van der Waals surface area contributed by atoms with Crippen LogP contribution in [0.25, 0.3) is 0 Å². The van der Waals surface area contributed by atoms with Crippen molar-refractivity contribution in [3.8, 4) is 0 Å². The molecule has 1 saturated heterocycles. The van der Waals surface area contributed by atoms with Gasteiger partial charge in [0.1, 0.15) is 0 Å². The molecule has 1 amide bonds. The first-order valence-electron chi connectivity index (χ1n) is 7.32. The SMILES string of the molecule is Cc1ccc([N+](=O)[O-])cc1NC(=O)CCC1CCNCC1.Cl. The number of nitro groups is 1. The maximum Gasteiger partial charge on any atom is 0.271 e. The molecule has 6 nitrogen and oxygen atoms in total. The zero-order valence-electron chi connectivity index (χ0n) is 12.6. The highest BCUT2D eigenvalue weighted by atomic mass is 35.5. The van der Waals surface area contributed by atoms with Crippen molar-refractivity contribution in [2.75, 3.05) is 18.4 Å². The van der Waals surface area contributed by atoms with Crippen LogP contribution in [0.4, 0.5) is 11.4 Å². The second-order valence-corrected chi connectivity index (χ2v) is 5.54. The molecule has 0 aliphatic carbocycles. The molecule has 0 bridgehead atoms. The quantitative estimate of drug-likeness (QED) is 0.643. The van der Waals surface area contributed by atoms with E-state index < -0.39 is 4.92 Å². The van der Waals surface area contributed by atoms with Crippen LogP contribution < -0.4 is 10.6 Å². The normalized spacial score (nSPS) is 15.0. The summed E-state index contributed by atoms with van der Waals surface area (Å²) in [5.74, 6) is 0.528. The van der Waals surface area contributed by atoms with Crippen LogP contribution in [0.5, 0.6) is 0 Å². The highest BCUT2D eigenvalue weighted by Crippen LogP contribution is 2.23. The molecule has 0 unspecified atom stereocenters. The third-order valence-corrected chi connectivity index (χ3v) is 3.94. The number of aryl methyl sites for hydroxylation is 1. The highest BCUT2D eigenvalue weighted by Gasteiger charge is 2.15. The lowest BCUT2D eigenvalue weighted by Crippen LogP contribution is -2.28. The summed E-state index contributed by atoms with van der Waals surface area (Å²) >= 11 is 0. The highest BCUT2D eigenvalue weighted by molar-refractivity contribution is 5.91. The monoisotopic (exact) mass is 327 g/mol. The maximum absolute atomic E-state index is 12.0. The van der Waals surface area contributed by atoms with Crippen molar-refractivity contribution in [2.24, 2.45) is 5.92 Å². The van der Waals surface area contributed by atoms with Gasteiger partial charge in [0.15, 0.2) is 0 Å². The van der Waals surface area contributed by atoms with Crippen LogP contribution >= 0.6 is 12.4 Å². The van der Waals surface area contributed by atoms with E-state index in [1.54, 1.807) is 6.07 Å². The standard InChI is InChI=1S/C15H21N3O3.ClH/c1-11-2-4-13(18(20)21)10-14(11)17-15(19)5-3-12-6-8-16-9-7-12;/h2,4,10,12,16H,3,5-9H2,1H3,(H,17,19);1H. The lowest BCUT2D eigenvalue weighted by molar-refractivity contribution is -0.384. The van der Waals surface area contributed by atoms with Gasteiger partial charge in [-0.1, -0.05) is 6.07 Å². The maximum atomic E-state index is 12.0. The van der Waals surface area contributed by atoms with Crippen molar-refractivity contribution in [3.05, 3.63) is 33.9 Å². The molecule has 0 saturated carbocycles. The molecule has 1 aliphatic rings. The van der Waals surface area contributed by atoms with Crippen LogP contribution in [0.3, 0.4) is 0 Å². The number of benzene rings is 1. The average Bonchev–Trinajstić information content (AvgIpc) is 2.48. The van der Waals surface area contributed by atoms with Gasteiger partial charge in [-0.15, -0.1) is 12.4 Å². The Labute approximate surface area is 136 Å². The number of non-ortho nitro benzene ring substituents is 1. The summed E-state index contributed by atoms with van der Waals surface area (Å²) in [5, 5.41) is 16.9. The smallest absolute Gasteiger partial charge is 0.271 e. The molecule has 0 radical (unpaired) electrons. The molecule has 0 spiro atoms. The molecule has 2 rings (SSSR count). The Morgan fingerprint density at radius 2 is 2.09 bits per heavy atom. The number of piperidine rings is 1. The fraction of sp³-hybridized carbons (Fsp3) is 0.533. The second-order valence-electron chi connectivity index (χ2n) is 5.54. The van der Waals surface area contributed by atoms with Gasteiger partial charge in [0.25, 0.3) is 5.69 Å². The Kier molecular flexibility index (Phi) is 7.27. The van der Waals surface area contributed by atoms with E-state index in [1.165, 1.54) is 12.1 Å². The van der Waals surface area contributed by atoms with Crippen LogP contribution in [0, 0.1) is 23.0 Å². The Balaban J connectivity index is 0.00000242. The summed E-state index contributed by atoms with van der Waals surface area (Å²) in [6.07, 6.45) is 3.57. The zero-order valence-corrected chi connectivity index (χ0v) is 13.4. The first-order valence-corrected chi connectivity index (χ1v) is 7.32. The lowest BCUT2D eigenvalue weighted by atomic mass is 9.93. The van der Waals surface area contributed by atoms with Crippen molar-refractivity contribution < 1.29 is 9.72 Å².